The van der Waals surface area contributed by atoms with Crippen LogP contribution in [0.2, 0.25) is 0 Å². The second-order valence-corrected chi connectivity index (χ2v) is 5.14. The van der Waals surface area contributed by atoms with E-state index in [9.17, 15) is 0 Å². The molecule has 14 heavy (non-hydrogen) atoms. The predicted molar refractivity (Wildman–Crippen MR) is 64.8 cm³/mol. The molecule has 80 valence electrons. The Hall–Kier alpha value is -0.340. The fraction of sp³-hybridized carbons (Fsp3) is 0.667. The summed E-state index contributed by atoms with van der Waals surface area (Å²) in [6.45, 7) is 9.06. The summed E-state index contributed by atoms with van der Waals surface area (Å²) in [5.41, 5.74) is 0. The summed E-state index contributed by atoms with van der Waals surface area (Å²) in [6.07, 6.45) is 1.20. The summed E-state index contributed by atoms with van der Waals surface area (Å²) in [5.74, 6) is 0.711. The molecule has 0 spiro atoms. The van der Waals surface area contributed by atoms with E-state index in [1.54, 1.807) is 0 Å². The molecular formula is C12H21NS. The first-order valence-electron chi connectivity index (χ1n) is 5.44. The Labute approximate surface area is 91.5 Å². The van der Waals surface area contributed by atoms with Crippen LogP contribution in [0.3, 0.4) is 0 Å². The average Bonchev–Trinajstić information content (AvgIpc) is 2.65. The van der Waals surface area contributed by atoms with Crippen molar-refractivity contribution in [1.29, 1.82) is 0 Å². The molecule has 1 rings (SSSR count). The standard InChI is InChI=1S/C12H21NS/c1-5-11(9(2)3)13-10(4)12-7-6-8-14-12/h6-11,13H,5H2,1-4H3/t10-,11?/m0/s1. The maximum Gasteiger partial charge on any atom is 0.0388 e. The molecule has 1 aromatic rings. The van der Waals surface area contributed by atoms with Gasteiger partial charge >= 0.3 is 0 Å². The molecule has 0 saturated heterocycles. The summed E-state index contributed by atoms with van der Waals surface area (Å²) < 4.78 is 0. The Bertz CT molecular complexity index is 241. The Morgan fingerprint density at radius 1 is 1.36 bits per heavy atom. The molecule has 0 radical (unpaired) electrons. The fourth-order valence-corrected chi connectivity index (χ4v) is 2.47. The van der Waals surface area contributed by atoms with Crippen molar-refractivity contribution in [3.8, 4) is 0 Å². The lowest BCUT2D eigenvalue weighted by atomic mass is 10.0. The lowest BCUT2D eigenvalue weighted by Gasteiger charge is -2.24. The summed E-state index contributed by atoms with van der Waals surface area (Å²) in [7, 11) is 0. The molecular weight excluding hydrogens is 190 g/mol. The van der Waals surface area contributed by atoms with Gasteiger partial charge < -0.3 is 5.32 Å². The smallest absolute Gasteiger partial charge is 0.0388 e. The molecule has 0 aliphatic carbocycles. The SMILES string of the molecule is CCC(N[C@@H](C)c1cccs1)C(C)C. The number of thiophene rings is 1. The van der Waals surface area contributed by atoms with Gasteiger partial charge in [0, 0.05) is 17.0 Å². The van der Waals surface area contributed by atoms with E-state index in [-0.39, 0.29) is 0 Å². The molecule has 0 aromatic carbocycles. The van der Waals surface area contributed by atoms with E-state index in [1.807, 2.05) is 11.3 Å². The van der Waals surface area contributed by atoms with Gasteiger partial charge in [0.1, 0.15) is 0 Å². The first kappa shape index (κ1) is 11.7. The highest BCUT2D eigenvalue weighted by molar-refractivity contribution is 7.10. The van der Waals surface area contributed by atoms with Crippen LogP contribution in [0.15, 0.2) is 17.5 Å². The van der Waals surface area contributed by atoms with Gasteiger partial charge in [0.25, 0.3) is 0 Å². The van der Waals surface area contributed by atoms with Crippen LogP contribution in [0.4, 0.5) is 0 Å². The van der Waals surface area contributed by atoms with Gasteiger partial charge in [-0.1, -0.05) is 26.8 Å². The Morgan fingerprint density at radius 2 is 2.07 bits per heavy atom. The van der Waals surface area contributed by atoms with Gasteiger partial charge in [-0.25, -0.2) is 0 Å². The maximum absolute atomic E-state index is 3.68. The second kappa shape index (κ2) is 5.52. The molecule has 0 aliphatic rings. The third-order valence-corrected chi connectivity index (χ3v) is 3.73. The number of nitrogens with one attached hydrogen (secondary N) is 1. The lowest BCUT2D eigenvalue weighted by molar-refractivity contribution is 0.358. The minimum Gasteiger partial charge on any atom is -0.306 e. The monoisotopic (exact) mass is 211 g/mol. The normalized spacial score (nSPS) is 15.8. The molecule has 0 fully saturated rings. The van der Waals surface area contributed by atoms with Gasteiger partial charge in [0.15, 0.2) is 0 Å². The van der Waals surface area contributed by atoms with E-state index in [0.29, 0.717) is 18.0 Å². The lowest BCUT2D eigenvalue weighted by Crippen LogP contribution is -2.34. The molecule has 0 aliphatic heterocycles. The van der Waals surface area contributed by atoms with Crippen LogP contribution in [0, 0.1) is 5.92 Å². The molecule has 1 nitrogen and oxygen atoms in total. The highest BCUT2D eigenvalue weighted by Crippen LogP contribution is 2.20. The molecule has 1 heterocycles. The van der Waals surface area contributed by atoms with Gasteiger partial charge in [-0.2, -0.15) is 0 Å². The maximum atomic E-state index is 3.68. The van der Waals surface area contributed by atoms with Crippen LogP contribution >= 0.6 is 11.3 Å². The Balaban J connectivity index is 2.51. The molecule has 0 bridgehead atoms. The zero-order valence-corrected chi connectivity index (χ0v) is 10.4. The first-order chi connectivity index (χ1) is 6.65. The van der Waals surface area contributed by atoms with Crippen molar-refractivity contribution < 1.29 is 0 Å². The summed E-state index contributed by atoms with van der Waals surface area (Å²) in [5, 5.41) is 5.82. The van der Waals surface area contributed by atoms with Crippen LogP contribution in [0.25, 0.3) is 0 Å². The van der Waals surface area contributed by atoms with Crippen molar-refractivity contribution in [3.05, 3.63) is 22.4 Å². The summed E-state index contributed by atoms with van der Waals surface area (Å²) in [6, 6.07) is 5.44. The first-order valence-corrected chi connectivity index (χ1v) is 6.32. The van der Waals surface area contributed by atoms with Crippen LogP contribution in [-0.2, 0) is 0 Å². The fourth-order valence-electron chi connectivity index (χ4n) is 1.72. The van der Waals surface area contributed by atoms with E-state index in [0.717, 1.165) is 0 Å². The topological polar surface area (TPSA) is 12.0 Å². The minimum atomic E-state index is 0.488. The molecule has 1 unspecified atom stereocenters. The van der Waals surface area contributed by atoms with E-state index < -0.39 is 0 Å². The number of hydrogen-bond acceptors (Lipinski definition) is 2. The van der Waals surface area contributed by atoms with Crippen LogP contribution in [0.5, 0.6) is 0 Å². The molecule has 2 heteroatoms. The van der Waals surface area contributed by atoms with Crippen molar-refractivity contribution in [3.63, 3.8) is 0 Å². The highest BCUT2D eigenvalue weighted by Gasteiger charge is 2.14. The zero-order valence-electron chi connectivity index (χ0n) is 9.58. The molecule has 1 aromatic heterocycles. The quantitative estimate of drug-likeness (QED) is 0.780. The van der Waals surface area contributed by atoms with Crippen molar-refractivity contribution in [2.45, 2.75) is 46.2 Å². The van der Waals surface area contributed by atoms with Gasteiger partial charge in [-0.05, 0) is 30.7 Å². The second-order valence-electron chi connectivity index (χ2n) is 4.16. The van der Waals surface area contributed by atoms with Crippen LogP contribution < -0.4 is 5.32 Å². The van der Waals surface area contributed by atoms with Crippen LogP contribution in [-0.4, -0.2) is 6.04 Å². The third-order valence-electron chi connectivity index (χ3n) is 2.68. The highest BCUT2D eigenvalue weighted by atomic mass is 32.1. The minimum absolute atomic E-state index is 0.488. The van der Waals surface area contributed by atoms with E-state index in [4.69, 9.17) is 0 Å². The van der Waals surface area contributed by atoms with Crippen molar-refractivity contribution >= 4 is 11.3 Å². The van der Waals surface area contributed by atoms with E-state index in [2.05, 4.69) is 50.5 Å². The molecule has 1 N–H and O–H groups in total. The Kier molecular flexibility index (Phi) is 4.63. The van der Waals surface area contributed by atoms with Gasteiger partial charge in [0.05, 0.1) is 0 Å². The number of hydrogen-bond donors (Lipinski definition) is 1. The van der Waals surface area contributed by atoms with Crippen molar-refractivity contribution in [2.24, 2.45) is 5.92 Å². The average molecular weight is 211 g/mol. The van der Waals surface area contributed by atoms with Crippen LogP contribution in [0.1, 0.15) is 45.0 Å². The van der Waals surface area contributed by atoms with E-state index in [1.165, 1.54) is 11.3 Å². The van der Waals surface area contributed by atoms with Gasteiger partial charge in [-0.15, -0.1) is 11.3 Å². The molecule has 2 atom stereocenters. The van der Waals surface area contributed by atoms with Gasteiger partial charge in [0.2, 0.25) is 0 Å². The largest absolute Gasteiger partial charge is 0.306 e. The number of rotatable bonds is 5. The van der Waals surface area contributed by atoms with Crippen molar-refractivity contribution in [1.82, 2.24) is 5.32 Å². The third kappa shape index (κ3) is 3.10. The molecule has 0 saturated carbocycles. The van der Waals surface area contributed by atoms with Crippen molar-refractivity contribution in [2.75, 3.05) is 0 Å². The zero-order chi connectivity index (χ0) is 10.6. The van der Waals surface area contributed by atoms with E-state index >= 15 is 0 Å². The van der Waals surface area contributed by atoms with Gasteiger partial charge in [-0.3, -0.25) is 0 Å². The summed E-state index contributed by atoms with van der Waals surface area (Å²) in [4.78, 5) is 1.43. The Morgan fingerprint density at radius 3 is 2.50 bits per heavy atom. The molecule has 0 amide bonds. The predicted octanol–water partition coefficient (Wildman–Crippen LogP) is 3.83. The summed E-state index contributed by atoms with van der Waals surface area (Å²) >= 11 is 1.83.